The summed E-state index contributed by atoms with van der Waals surface area (Å²) in [5.74, 6) is 0.909. The van der Waals surface area contributed by atoms with Crippen LogP contribution in [0.3, 0.4) is 0 Å². The van der Waals surface area contributed by atoms with Crippen LogP contribution in [0.2, 0.25) is 0 Å². The van der Waals surface area contributed by atoms with Crippen molar-refractivity contribution in [3.63, 3.8) is 0 Å². The van der Waals surface area contributed by atoms with E-state index in [1.165, 1.54) is 11.5 Å². The maximum atomic E-state index is 10.6. The molecule has 1 aliphatic carbocycles. The Labute approximate surface area is 119 Å². The molecule has 0 amide bonds. The highest BCUT2D eigenvalue weighted by Gasteiger charge is 2.36. The van der Waals surface area contributed by atoms with Gasteiger partial charge in [-0.3, -0.25) is 0 Å². The summed E-state index contributed by atoms with van der Waals surface area (Å²) in [4.78, 5) is 4.43. The van der Waals surface area contributed by atoms with Gasteiger partial charge in [0.2, 0.25) is 5.13 Å². The molecular weight excluding hydrogens is 258 g/mol. The predicted molar refractivity (Wildman–Crippen MR) is 79.6 cm³/mol. The molecule has 4 nitrogen and oxygen atoms in total. The van der Waals surface area contributed by atoms with Crippen LogP contribution >= 0.6 is 11.5 Å². The SMILES string of the molecule is CCCc1nsc(NCC2(O)CCC(C)(C)CC2)n1. The zero-order valence-corrected chi connectivity index (χ0v) is 13.0. The lowest BCUT2D eigenvalue weighted by atomic mass is 9.71. The highest BCUT2D eigenvalue weighted by atomic mass is 32.1. The van der Waals surface area contributed by atoms with Gasteiger partial charge in [0, 0.05) is 24.5 Å². The number of hydrogen-bond acceptors (Lipinski definition) is 5. The van der Waals surface area contributed by atoms with Crippen molar-refractivity contribution >= 4 is 16.7 Å². The van der Waals surface area contributed by atoms with Crippen LogP contribution in [-0.4, -0.2) is 26.6 Å². The largest absolute Gasteiger partial charge is 0.388 e. The first kappa shape index (κ1) is 14.7. The number of anilines is 1. The Morgan fingerprint density at radius 3 is 2.58 bits per heavy atom. The lowest BCUT2D eigenvalue weighted by Gasteiger charge is -2.40. The minimum atomic E-state index is -0.577. The third-order valence-corrected chi connectivity index (χ3v) is 4.76. The van der Waals surface area contributed by atoms with E-state index >= 15 is 0 Å². The molecule has 2 rings (SSSR count). The van der Waals surface area contributed by atoms with Gasteiger partial charge in [0.25, 0.3) is 0 Å². The molecule has 1 aromatic rings. The van der Waals surface area contributed by atoms with Crippen LogP contribution in [0, 0.1) is 5.41 Å². The zero-order valence-electron chi connectivity index (χ0n) is 12.2. The van der Waals surface area contributed by atoms with E-state index in [0.29, 0.717) is 12.0 Å². The first-order chi connectivity index (χ1) is 8.92. The van der Waals surface area contributed by atoms with E-state index < -0.39 is 5.60 Å². The Hall–Kier alpha value is -0.680. The second kappa shape index (κ2) is 5.75. The minimum Gasteiger partial charge on any atom is -0.388 e. The second-order valence-corrected chi connectivity index (χ2v) is 7.26. The van der Waals surface area contributed by atoms with Crippen molar-refractivity contribution in [2.45, 2.75) is 64.9 Å². The lowest BCUT2D eigenvalue weighted by molar-refractivity contribution is -0.0145. The van der Waals surface area contributed by atoms with E-state index in [4.69, 9.17) is 0 Å². The van der Waals surface area contributed by atoms with Gasteiger partial charge in [0.05, 0.1) is 5.60 Å². The third-order valence-electron chi connectivity index (χ3n) is 4.04. The molecule has 0 radical (unpaired) electrons. The summed E-state index contributed by atoms with van der Waals surface area (Å²) in [5.41, 5.74) is -0.199. The molecule has 1 aromatic heterocycles. The summed E-state index contributed by atoms with van der Waals surface area (Å²) >= 11 is 1.39. The molecule has 0 unspecified atom stereocenters. The number of aromatic nitrogens is 2. The molecule has 0 bridgehead atoms. The normalized spacial score (nSPS) is 21.3. The molecule has 0 atom stereocenters. The van der Waals surface area contributed by atoms with Crippen LogP contribution < -0.4 is 5.32 Å². The Morgan fingerprint density at radius 1 is 1.26 bits per heavy atom. The van der Waals surface area contributed by atoms with Crippen LogP contribution in [0.4, 0.5) is 5.13 Å². The molecule has 2 N–H and O–H groups in total. The van der Waals surface area contributed by atoms with E-state index in [0.717, 1.165) is 49.5 Å². The number of aliphatic hydroxyl groups is 1. The maximum absolute atomic E-state index is 10.6. The molecule has 0 spiro atoms. The average Bonchev–Trinajstić information content (AvgIpc) is 2.80. The Balaban J connectivity index is 1.84. The van der Waals surface area contributed by atoms with Crippen molar-refractivity contribution in [3.8, 4) is 0 Å². The highest BCUT2D eigenvalue weighted by molar-refractivity contribution is 7.09. The van der Waals surface area contributed by atoms with Crippen LogP contribution in [0.5, 0.6) is 0 Å². The smallest absolute Gasteiger partial charge is 0.202 e. The van der Waals surface area contributed by atoms with Gasteiger partial charge in [0.15, 0.2) is 0 Å². The molecule has 0 aliphatic heterocycles. The molecule has 1 fully saturated rings. The van der Waals surface area contributed by atoms with Crippen molar-refractivity contribution in [3.05, 3.63) is 5.82 Å². The molecule has 5 heteroatoms. The fourth-order valence-corrected chi connectivity index (χ4v) is 3.07. The second-order valence-electron chi connectivity index (χ2n) is 6.51. The van der Waals surface area contributed by atoms with E-state index in [9.17, 15) is 5.11 Å². The summed E-state index contributed by atoms with van der Waals surface area (Å²) in [7, 11) is 0. The topological polar surface area (TPSA) is 58.0 Å². The molecular formula is C14H25N3OS. The molecule has 1 heterocycles. The number of nitrogens with one attached hydrogen (secondary N) is 1. The van der Waals surface area contributed by atoms with Crippen LogP contribution in [-0.2, 0) is 6.42 Å². The van der Waals surface area contributed by atoms with Gasteiger partial charge in [0.1, 0.15) is 5.82 Å². The monoisotopic (exact) mass is 283 g/mol. The van der Waals surface area contributed by atoms with Crippen LogP contribution in [0.15, 0.2) is 0 Å². The maximum Gasteiger partial charge on any atom is 0.202 e. The van der Waals surface area contributed by atoms with Crippen molar-refractivity contribution in [2.75, 3.05) is 11.9 Å². The summed E-state index contributed by atoms with van der Waals surface area (Å²) in [6, 6.07) is 0. The Bertz CT molecular complexity index is 407. The Kier molecular flexibility index (Phi) is 4.46. The number of nitrogens with zero attached hydrogens (tertiary/aromatic N) is 2. The van der Waals surface area contributed by atoms with Crippen LogP contribution in [0.1, 0.15) is 58.7 Å². The van der Waals surface area contributed by atoms with Crippen molar-refractivity contribution in [1.29, 1.82) is 0 Å². The highest BCUT2D eigenvalue weighted by Crippen LogP contribution is 2.40. The Morgan fingerprint density at radius 2 is 1.95 bits per heavy atom. The van der Waals surface area contributed by atoms with Gasteiger partial charge in [-0.2, -0.15) is 4.37 Å². The van der Waals surface area contributed by atoms with Gasteiger partial charge in [-0.1, -0.05) is 20.8 Å². The fraction of sp³-hybridized carbons (Fsp3) is 0.857. The predicted octanol–water partition coefficient (Wildman–Crippen LogP) is 3.23. The van der Waals surface area contributed by atoms with Crippen LogP contribution in [0.25, 0.3) is 0 Å². The summed E-state index contributed by atoms with van der Waals surface area (Å²) in [5, 5.41) is 14.7. The molecule has 1 aliphatic rings. The number of hydrogen-bond donors (Lipinski definition) is 2. The van der Waals surface area contributed by atoms with Gasteiger partial charge < -0.3 is 10.4 Å². The van der Waals surface area contributed by atoms with Gasteiger partial charge >= 0.3 is 0 Å². The molecule has 1 saturated carbocycles. The third kappa shape index (κ3) is 4.14. The average molecular weight is 283 g/mol. The van der Waals surface area contributed by atoms with E-state index in [1.807, 2.05) is 0 Å². The first-order valence-corrected chi connectivity index (χ1v) is 7.99. The quantitative estimate of drug-likeness (QED) is 0.871. The van der Waals surface area contributed by atoms with E-state index in [2.05, 4.69) is 35.4 Å². The van der Waals surface area contributed by atoms with Crippen molar-refractivity contribution in [2.24, 2.45) is 5.41 Å². The summed E-state index contributed by atoms with van der Waals surface area (Å²) < 4.78 is 4.30. The summed E-state index contributed by atoms with van der Waals surface area (Å²) in [6.45, 7) is 7.27. The summed E-state index contributed by atoms with van der Waals surface area (Å²) in [6.07, 6.45) is 5.90. The van der Waals surface area contributed by atoms with Gasteiger partial charge in [-0.25, -0.2) is 4.98 Å². The van der Waals surface area contributed by atoms with Gasteiger partial charge in [-0.15, -0.1) is 0 Å². The van der Waals surface area contributed by atoms with E-state index in [1.54, 1.807) is 0 Å². The molecule has 0 aromatic carbocycles. The zero-order chi connectivity index (χ0) is 13.9. The van der Waals surface area contributed by atoms with Crippen molar-refractivity contribution in [1.82, 2.24) is 9.36 Å². The fourth-order valence-electron chi connectivity index (χ4n) is 2.46. The molecule has 19 heavy (non-hydrogen) atoms. The first-order valence-electron chi connectivity index (χ1n) is 7.21. The molecule has 0 saturated heterocycles. The van der Waals surface area contributed by atoms with E-state index in [-0.39, 0.29) is 0 Å². The minimum absolute atomic E-state index is 0.378. The number of rotatable bonds is 5. The van der Waals surface area contributed by atoms with Crippen molar-refractivity contribution < 1.29 is 5.11 Å². The number of aryl methyl sites for hydroxylation is 1. The standard InChI is InChI=1S/C14H25N3OS/c1-4-5-11-16-12(19-17-11)15-10-14(18)8-6-13(2,3)7-9-14/h18H,4-10H2,1-3H3,(H,15,16,17). The molecule has 108 valence electrons. The van der Waals surface area contributed by atoms with Gasteiger partial charge in [-0.05, 0) is 37.5 Å². The lowest BCUT2D eigenvalue weighted by Crippen LogP contribution is -2.42.